The Kier molecular flexibility index (Phi) is 8.62. The molecule has 3 rings (SSSR count). The number of phenolic OH excluding ortho intramolecular Hbond substituents is 1. The summed E-state index contributed by atoms with van der Waals surface area (Å²) in [6.07, 6.45) is 8.67. The van der Waals surface area contributed by atoms with E-state index in [1.54, 1.807) is 12.1 Å². The van der Waals surface area contributed by atoms with E-state index in [-0.39, 0.29) is 0 Å². The molecule has 6 nitrogen and oxygen atoms in total. The van der Waals surface area contributed by atoms with Crippen LogP contribution in [0, 0.1) is 5.41 Å². The van der Waals surface area contributed by atoms with E-state index in [0.29, 0.717) is 11.2 Å². The summed E-state index contributed by atoms with van der Waals surface area (Å²) >= 11 is 0. The first-order valence-electron chi connectivity index (χ1n) is 11.2. The van der Waals surface area contributed by atoms with E-state index >= 15 is 0 Å². The van der Waals surface area contributed by atoms with Gasteiger partial charge in [0.1, 0.15) is 5.75 Å². The summed E-state index contributed by atoms with van der Waals surface area (Å²) in [6, 6.07) is 7.48. The topological polar surface area (TPSA) is 69.1 Å². The fourth-order valence-electron chi connectivity index (χ4n) is 4.58. The summed E-state index contributed by atoms with van der Waals surface area (Å²) in [5.74, 6) is 1.23. The smallest absolute Gasteiger partial charge is 0.190 e. The minimum atomic E-state index is 0.324. The van der Waals surface area contributed by atoms with Crippen LogP contribution in [-0.2, 0) is 11.2 Å². The monoisotopic (exact) mass is 402 g/mol. The number of aliphatic imine (C=N–C) groups is 1. The molecule has 0 atom stereocenters. The van der Waals surface area contributed by atoms with Gasteiger partial charge < -0.3 is 20.5 Å². The van der Waals surface area contributed by atoms with Crippen LogP contribution in [0.15, 0.2) is 29.3 Å². The van der Waals surface area contributed by atoms with Crippen LogP contribution in [0.2, 0.25) is 0 Å². The molecule has 0 spiro atoms. The van der Waals surface area contributed by atoms with Crippen LogP contribution in [0.1, 0.15) is 44.1 Å². The zero-order chi connectivity index (χ0) is 20.4. The number of ether oxygens (including phenoxy) is 1. The van der Waals surface area contributed by atoms with Crippen LogP contribution in [0.25, 0.3) is 0 Å². The molecule has 1 aliphatic carbocycles. The highest BCUT2D eigenvalue weighted by molar-refractivity contribution is 5.79. The zero-order valence-electron chi connectivity index (χ0n) is 18.0. The van der Waals surface area contributed by atoms with Gasteiger partial charge in [0.25, 0.3) is 0 Å². The van der Waals surface area contributed by atoms with Crippen molar-refractivity contribution < 1.29 is 9.84 Å². The van der Waals surface area contributed by atoms with Crippen molar-refractivity contribution in [2.75, 3.05) is 53.0 Å². The fourth-order valence-corrected chi connectivity index (χ4v) is 4.58. The number of morpholine rings is 1. The molecule has 1 heterocycles. The van der Waals surface area contributed by atoms with Crippen LogP contribution in [-0.4, -0.2) is 69.0 Å². The molecule has 1 aromatic rings. The average molecular weight is 403 g/mol. The molecule has 0 amide bonds. The maximum Gasteiger partial charge on any atom is 0.190 e. The van der Waals surface area contributed by atoms with Crippen molar-refractivity contribution in [2.24, 2.45) is 10.4 Å². The van der Waals surface area contributed by atoms with Crippen molar-refractivity contribution in [3.8, 4) is 5.75 Å². The van der Waals surface area contributed by atoms with Crippen LogP contribution >= 0.6 is 0 Å². The number of nitrogens with one attached hydrogen (secondary N) is 2. The molecular formula is C23H38N4O2. The van der Waals surface area contributed by atoms with Gasteiger partial charge in [-0.15, -0.1) is 0 Å². The largest absolute Gasteiger partial charge is 0.508 e. The lowest BCUT2D eigenvalue weighted by molar-refractivity contribution is 0.00820. The predicted molar refractivity (Wildman–Crippen MR) is 119 cm³/mol. The molecule has 2 aliphatic rings. The lowest BCUT2D eigenvalue weighted by atomic mass is 9.73. The highest BCUT2D eigenvalue weighted by atomic mass is 16.5. The van der Waals surface area contributed by atoms with E-state index in [1.165, 1.54) is 44.2 Å². The van der Waals surface area contributed by atoms with Gasteiger partial charge in [-0.2, -0.15) is 0 Å². The van der Waals surface area contributed by atoms with Gasteiger partial charge in [0.15, 0.2) is 5.96 Å². The van der Waals surface area contributed by atoms with Crippen molar-refractivity contribution in [1.29, 1.82) is 0 Å². The number of benzene rings is 1. The predicted octanol–water partition coefficient (Wildman–Crippen LogP) is 2.77. The molecule has 1 aromatic carbocycles. The molecule has 2 fully saturated rings. The number of rotatable bonds is 8. The zero-order valence-corrected chi connectivity index (χ0v) is 18.0. The molecule has 1 aliphatic heterocycles. The average Bonchev–Trinajstić information content (AvgIpc) is 2.76. The molecule has 1 saturated carbocycles. The Balaban J connectivity index is 1.43. The third kappa shape index (κ3) is 7.19. The van der Waals surface area contributed by atoms with E-state index in [0.717, 1.165) is 58.2 Å². The molecule has 162 valence electrons. The summed E-state index contributed by atoms with van der Waals surface area (Å²) in [6.45, 7) is 6.90. The summed E-state index contributed by atoms with van der Waals surface area (Å²) in [4.78, 5) is 7.02. The highest BCUT2D eigenvalue weighted by Crippen LogP contribution is 2.36. The first-order chi connectivity index (χ1) is 14.2. The second kappa shape index (κ2) is 11.4. The number of nitrogens with zero attached hydrogens (tertiary/aromatic N) is 2. The fraction of sp³-hybridized carbons (Fsp3) is 0.696. The van der Waals surface area contributed by atoms with Crippen molar-refractivity contribution in [1.82, 2.24) is 15.5 Å². The molecule has 3 N–H and O–H groups in total. The molecule has 0 radical (unpaired) electrons. The second-order valence-electron chi connectivity index (χ2n) is 8.57. The lowest BCUT2D eigenvalue weighted by Crippen LogP contribution is -2.51. The molecule has 0 bridgehead atoms. The van der Waals surface area contributed by atoms with E-state index in [2.05, 4.69) is 20.5 Å². The van der Waals surface area contributed by atoms with E-state index in [9.17, 15) is 5.11 Å². The Hall–Kier alpha value is -1.79. The quantitative estimate of drug-likeness (QED) is 0.354. The first kappa shape index (κ1) is 21.9. The van der Waals surface area contributed by atoms with Crippen molar-refractivity contribution in [3.05, 3.63) is 29.8 Å². The van der Waals surface area contributed by atoms with Gasteiger partial charge in [0.05, 0.1) is 13.2 Å². The van der Waals surface area contributed by atoms with Gasteiger partial charge in [-0.05, 0) is 43.4 Å². The number of hydrogen-bond donors (Lipinski definition) is 3. The van der Waals surface area contributed by atoms with E-state index in [4.69, 9.17) is 4.74 Å². The minimum absolute atomic E-state index is 0.324. The molecule has 6 heteroatoms. The van der Waals surface area contributed by atoms with Crippen molar-refractivity contribution in [2.45, 2.75) is 44.9 Å². The van der Waals surface area contributed by atoms with Gasteiger partial charge in [0, 0.05) is 45.2 Å². The maximum absolute atomic E-state index is 9.38. The Morgan fingerprint density at radius 3 is 2.52 bits per heavy atom. The highest BCUT2D eigenvalue weighted by Gasteiger charge is 2.34. The molecular weight excluding hydrogens is 364 g/mol. The van der Waals surface area contributed by atoms with E-state index in [1.807, 2.05) is 19.2 Å². The van der Waals surface area contributed by atoms with Gasteiger partial charge in [-0.1, -0.05) is 31.4 Å². The number of guanidine groups is 1. The van der Waals surface area contributed by atoms with Gasteiger partial charge in [-0.25, -0.2) is 0 Å². The number of hydrogen-bond acceptors (Lipinski definition) is 4. The van der Waals surface area contributed by atoms with E-state index < -0.39 is 0 Å². The molecule has 29 heavy (non-hydrogen) atoms. The third-order valence-corrected chi connectivity index (χ3v) is 6.30. The van der Waals surface area contributed by atoms with Crippen LogP contribution < -0.4 is 10.6 Å². The van der Waals surface area contributed by atoms with Gasteiger partial charge in [0.2, 0.25) is 0 Å². The van der Waals surface area contributed by atoms with Crippen LogP contribution in [0.5, 0.6) is 5.75 Å². The Morgan fingerprint density at radius 1 is 1.10 bits per heavy atom. The molecule has 0 unspecified atom stereocenters. The van der Waals surface area contributed by atoms with Crippen molar-refractivity contribution in [3.63, 3.8) is 0 Å². The first-order valence-corrected chi connectivity index (χ1v) is 11.2. The summed E-state index contributed by atoms with van der Waals surface area (Å²) in [7, 11) is 1.85. The Bertz CT molecular complexity index is 620. The summed E-state index contributed by atoms with van der Waals surface area (Å²) in [5, 5.41) is 16.5. The Labute approximate surface area is 175 Å². The third-order valence-electron chi connectivity index (χ3n) is 6.30. The molecule has 1 saturated heterocycles. The van der Waals surface area contributed by atoms with Crippen LogP contribution in [0.4, 0.5) is 0 Å². The van der Waals surface area contributed by atoms with Crippen molar-refractivity contribution >= 4 is 5.96 Å². The summed E-state index contributed by atoms with van der Waals surface area (Å²) < 4.78 is 5.53. The van der Waals surface area contributed by atoms with Gasteiger partial charge >= 0.3 is 0 Å². The summed E-state index contributed by atoms with van der Waals surface area (Å²) in [5.41, 5.74) is 1.60. The number of phenols is 1. The minimum Gasteiger partial charge on any atom is -0.508 e. The SMILES string of the molecule is CN=C(NCCCc1ccc(O)cc1)NCC1(CN2CCOCC2)CCCCC1. The van der Waals surface area contributed by atoms with Gasteiger partial charge in [-0.3, -0.25) is 9.89 Å². The number of aromatic hydroxyl groups is 1. The molecule has 0 aromatic heterocycles. The Morgan fingerprint density at radius 2 is 1.83 bits per heavy atom. The number of aryl methyl sites for hydroxylation is 1. The lowest BCUT2D eigenvalue weighted by Gasteiger charge is -2.42. The maximum atomic E-state index is 9.38. The van der Waals surface area contributed by atoms with Crippen LogP contribution in [0.3, 0.4) is 0 Å². The normalized spacial score (nSPS) is 20.4. The standard InChI is InChI=1S/C23H38N4O2/c1-24-22(25-13-5-6-20-7-9-21(28)10-8-20)26-18-23(11-3-2-4-12-23)19-27-14-16-29-17-15-27/h7-10,28H,2-6,11-19H2,1H3,(H2,24,25,26). The second-order valence-corrected chi connectivity index (χ2v) is 8.57.